The first-order chi connectivity index (χ1) is 17.9. The molecule has 4 aromatic rings. The van der Waals surface area contributed by atoms with Crippen LogP contribution in [-0.2, 0) is 17.8 Å². The summed E-state index contributed by atoms with van der Waals surface area (Å²) in [5.74, 6) is -0.534. The summed E-state index contributed by atoms with van der Waals surface area (Å²) in [7, 11) is 1.47. The number of methoxy groups -OCH3 is 1. The van der Waals surface area contributed by atoms with Crippen molar-refractivity contribution in [2.75, 3.05) is 12.4 Å². The van der Waals surface area contributed by atoms with Gasteiger partial charge in [0, 0.05) is 24.7 Å². The number of pyridine rings is 1. The van der Waals surface area contributed by atoms with Crippen molar-refractivity contribution in [3.05, 3.63) is 113 Å². The van der Waals surface area contributed by atoms with E-state index in [0.29, 0.717) is 12.3 Å². The predicted octanol–water partition coefficient (Wildman–Crippen LogP) is 5.10. The van der Waals surface area contributed by atoms with Crippen LogP contribution in [0.2, 0.25) is 0 Å². The third-order valence-electron chi connectivity index (χ3n) is 5.98. The molecular weight excluding hydrogens is 466 g/mol. The van der Waals surface area contributed by atoms with Crippen LogP contribution in [0.25, 0.3) is 11.1 Å². The van der Waals surface area contributed by atoms with Gasteiger partial charge in [-0.1, -0.05) is 66.2 Å². The minimum Gasteiger partial charge on any atom is -0.496 e. The van der Waals surface area contributed by atoms with E-state index in [1.807, 2.05) is 54.6 Å². The molecule has 0 saturated carbocycles. The van der Waals surface area contributed by atoms with Crippen LogP contribution in [-0.4, -0.2) is 35.1 Å². The van der Waals surface area contributed by atoms with Gasteiger partial charge in [-0.2, -0.15) is 0 Å². The Labute approximate surface area is 216 Å². The van der Waals surface area contributed by atoms with Gasteiger partial charge >= 0.3 is 5.97 Å². The van der Waals surface area contributed by atoms with Crippen molar-refractivity contribution in [3.63, 3.8) is 0 Å². The second kappa shape index (κ2) is 11.9. The van der Waals surface area contributed by atoms with Gasteiger partial charge in [0.2, 0.25) is 0 Å². The lowest BCUT2D eigenvalue weighted by molar-refractivity contribution is -0.139. The number of aliphatic carboxylic acids is 1. The zero-order valence-electron chi connectivity index (χ0n) is 20.8. The van der Waals surface area contributed by atoms with Crippen molar-refractivity contribution in [3.8, 4) is 16.9 Å². The molecule has 0 aliphatic heterocycles. The molecule has 3 aromatic carbocycles. The molecule has 37 heavy (non-hydrogen) atoms. The summed E-state index contributed by atoms with van der Waals surface area (Å²) < 4.78 is 5.39. The Morgan fingerprint density at radius 2 is 1.68 bits per heavy atom. The number of aromatic nitrogens is 1. The number of carbonyl (C=O) groups excluding carboxylic acids is 1. The monoisotopic (exact) mass is 495 g/mol. The highest BCUT2D eigenvalue weighted by Gasteiger charge is 2.23. The maximum atomic E-state index is 13.1. The van der Waals surface area contributed by atoms with Crippen LogP contribution < -0.4 is 15.4 Å². The third-order valence-corrected chi connectivity index (χ3v) is 5.98. The third kappa shape index (κ3) is 6.73. The van der Waals surface area contributed by atoms with Crippen LogP contribution >= 0.6 is 0 Å². The molecule has 3 N–H and O–H groups in total. The molecule has 0 aliphatic rings. The molecule has 0 saturated heterocycles. The van der Waals surface area contributed by atoms with Gasteiger partial charge in [0.1, 0.15) is 17.6 Å². The normalized spacial score (nSPS) is 11.4. The molecule has 7 nitrogen and oxygen atoms in total. The number of anilines is 1. The van der Waals surface area contributed by atoms with Crippen LogP contribution in [0.15, 0.2) is 91.1 Å². The average Bonchev–Trinajstić information content (AvgIpc) is 2.92. The van der Waals surface area contributed by atoms with E-state index in [9.17, 15) is 14.7 Å². The summed E-state index contributed by atoms with van der Waals surface area (Å²) in [4.78, 5) is 29.5. The van der Waals surface area contributed by atoms with Crippen molar-refractivity contribution >= 4 is 17.7 Å². The molecule has 0 spiro atoms. The largest absolute Gasteiger partial charge is 0.496 e. The second-order valence-corrected chi connectivity index (χ2v) is 8.74. The lowest BCUT2D eigenvalue weighted by Gasteiger charge is -2.17. The number of nitrogens with one attached hydrogen (secondary N) is 2. The molecule has 188 valence electrons. The smallest absolute Gasteiger partial charge is 0.326 e. The Morgan fingerprint density at radius 1 is 0.919 bits per heavy atom. The van der Waals surface area contributed by atoms with Crippen LogP contribution in [0.4, 0.5) is 5.82 Å². The molecule has 4 rings (SSSR count). The number of hydrogen-bond donors (Lipinski definition) is 3. The van der Waals surface area contributed by atoms with Gasteiger partial charge < -0.3 is 20.5 Å². The first-order valence-electron chi connectivity index (χ1n) is 11.9. The van der Waals surface area contributed by atoms with E-state index >= 15 is 0 Å². The number of rotatable bonds is 10. The molecule has 1 atom stereocenters. The van der Waals surface area contributed by atoms with Gasteiger partial charge in [-0.25, -0.2) is 9.78 Å². The lowest BCUT2D eigenvalue weighted by Crippen LogP contribution is -2.42. The highest BCUT2D eigenvalue weighted by atomic mass is 16.5. The number of carboxylic acids is 1. The van der Waals surface area contributed by atoms with Gasteiger partial charge in [0.05, 0.1) is 12.7 Å². The quantitative estimate of drug-likeness (QED) is 0.283. The zero-order valence-corrected chi connectivity index (χ0v) is 20.8. The summed E-state index contributed by atoms with van der Waals surface area (Å²) >= 11 is 0. The topological polar surface area (TPSA) is 101 Å². The molecule has 0 bridgehead atoms. The molecule has 7 heteroatoms. The van der Waals surface area contributed by atoms with Crippen molar-refractivity contribution in [1.82, 2.24) is 10.3 Å². The van der Waals surface area contributed by atoms with Gasteiger partial charge in [0.15, 0.2) is 0 Å². The maximum Gasteiger partial charge on any atom is 0.326 e. The summed E-state index contributed by atoms with van der Waals surface area (Å²) in [5, 5.41) is 15.6. The first kappa shape index (κ1) is 25.4. The first-order valence-corrected chi connectivity index (χ1v) is 11.9. The molecule has 0 radical (unpaired) electrons. The van der Waals surface area contributed by atoms with E-state index in [0.717, 1.165) is 22.5 Å². The molecule has 0 aliphatic carbocycles. The van der Waals surface area contributed by atoms with E-state index < -0.39 is 17.9 Å². The molecule has 1 aromatic heterocycles. The van der Waals surface area contributed by atoms with Gasteiger partial charge in [0.25, 0.3) is 5.91 Å². The summed E-state index contributed by atoms with van der Waals surface area (Å²) in [6.45, 7) is 2.72. The second-order valence-electron chi connectivity index (χ2n) is 8.74. The Balaban J connectivity index is 1.49. The fourth-order valence-corrected chi connectivity index (χ4v) is 4.03. The standard InChI is InChI=1S/C30H29N3O4/c1-20-7-6-10-22(15-20)18-31-28-14-12-24(19-32-28)23-11-13-27(37-2)25(17-23)29(34)33-26(30(35)36)16-21-8-4-3-5-9-21/h3-15,17,19,26H,16,18H2,1-2H3,(H,31,32)(H,33,34)(H,35,36)/t26-/m0/s1. The number of carbonyl (C=O) groups is 2. The number of aryl methyl sites for hydroxylation is 1. The number of amides is 1. The Bertz CT molecular complexity index is 1370. The highest BCUT2D eigenvalue weighted by molar-refractivity contribution is 6.00. The summed E-state index contributed by atoms with van der Waals surface area (Å²) in [6.07, 6.45) is 1.91. The molecule has 0 unspecified atom stereocenters. The Kier molecular flexibility index (Phi) is 8.15. The predicted molar refractivity (Wildman–Crippen MR) is 144 cm³/mol. The molecular formula is C30H29N3O4. The number of hydrogen-bond acceptors (Lipinski definition) is 5. The van der Waals surface area contributed by atoms with E-state index in [2.05, 4.69) is 40.7 Å². The minimum absolute atomic E-state index is 0.171. The number of nitrogens with zero attached hydrogens (tertiary/aromatic N) is 1. The fraction of sp³-hybridized carbons (Fsp3) is 0.167. The van der Waals surface area contributed by atoms with Gasteiger partial charge in [-0.05, 0) is 47.9 Å². The maximum absolute atomic E-state index is 13.1. The fourth-order valence-electron chi connectivity index (χ4n) is 4.03. The number of benzene rings is 3. The Hall–Kier alpha value is -4.65. The Morgan fingerprint density at radius 3 is 2.35 bits per heavy atom. The van der Waals surface area contributed by atoms with Crippen molar-refractivity contribution in [2.24, 2.45) is 0 Å². The van der Waals surface area contributed by atoms with Crippen LogP contribution in [0, 0.1) is 6.92 Å². The summed E-state index contributed by atoms with van der Waals surface area (Å²) in [6, 6.07) is 25.4. The zero-order chi connectivity index (χ0) is 26.2. The van der Waals surface area contributed by atoms with Crippen molar-refractivity contribution < 1.29 is 19.4 Å². The molecule has 1 amide bonds. The van der Waals surface area contributed by atoms with E-state index in [-0.39, 0.29) is 12.0 Å². The van der Waals surface area contributed by atoms with Crippen LogP contribution in [0.3, 0.4) is 0 Å². The highest BCUT2D eigenvalue weighted by Crippen LogP contribution is 2.27. The van der Waals surface area contributed by atoms with E-state index in [1.54, 1.807) is 18.3 Å². The van der Waals surface area contributed by atoms with Gasteiger partial charge in [-0.3, -0.25) is 4.79 Å². The van der Waals surface area contributed by atoms with Crippen molar-refractivity contribution in [1.29, 1.82) is 0 Å². The lowest BCUT2D eigenvalue weighted by atomic mass is 10.0. The minimum atomic E-state index is -1.11. The number of carboxylic acid groups (broad SMARTS) is 1. The van der Waals surface area contributed by atoms with Crippen molar-refractivity contribution in [2.45, 2.75) is 25.9 Å². The van der Waals surface area contributed by atoms with Gasteiger partial charge in [-0.15, -0.1) is 0 Å². The average molecular weight is 496 g/mol. The van der Waals surface area contributed by atoms with E-state index in [1.165, 1.54) is 18.2 Å². The SMILES string of the molecule is COc1ccc(-c2ccc(NCc3cccc(C)c3)nc2)cc1C(=O)N[C@@H](Cc1ccccc1)C(=O)O. The molecule has 1 heterocycles. The summed E-state index contributed by atoms with van der Waals surface area (Å²) in [5.41, 5.74) is 5.02. The van der Waals surface area contributed by atoms with Crippen LogP contribution in [0.1, 0.15) is 27.0 Å². The number of ether oxygens (including phenoxy) is 1. The van der Waals surface area contributed by atoms with Crippen LogP contribution in [0.5, 0.6) is 5.75 Å². The molecule has 0 fully saturated rings. The van der Waals surface area contributed by atoms with E-state index in [4.69, 9.17) is 4.74 Å².